The van der Waals surface area contributed by atoms with E-state index in [1.807, 2.05) is 0 Å². The smallest absolute Gasteiger partial charge is 0.317 e. The average Bonchev–Trinajstić information content (AvgIpc) is 2.33. The van der Waals surface area contributed by atoms with Crippen molar-refractivity contribution in [3.63, 3.8) is 0 Å². The van der Waals surface area contributed by atoms with Crippen LogP contribution in [0.1, 0.15) is 46.0 Å². The van der Waals surface area contributed by atoms with Gasteiger partial charge in [-0.05, 0) is 37.5 Å². The first kappa shape index (κ1) is 15.8. The lowest BCUT2D eigenvalue weighted by Crippen LogP contribution is -2.45. The number of nitrogens with one attached hydrogen (secondary N) is 1. The van der Waals surface area contributed by atoms with Crippen LogP contribution in [0, 0.1) is 11.8 Å². The standard InChI is InChI=1S/C14H26N2O3/c1-10-6-7-12(9-11(10)2)15-14(19)16(3)8-4-5-13(17)18/h10-12H,4-9H2,1-3H3,(H,15,19)(H,17,18). The fraction of sp³-hybridized carbons (Fsp3) is 0.857. The lowest BCUT2D eigenvalue weighted by atomic mass is 9.79. The second-order valence-electron chi connectivity index (χ2n) is 5.83. The highest BCUT2D eigenvalue weighted by molar-refractivity contribution is 5.74. The maximum atomic E-state index is 11.9. The Hall–Kier alpha value is -1.26. The molecule has 0 radical (unpaired) electrons. The van der Waals surface area contributed by atoms with Crippen molar-refractivity contribution in [2.45, 2.75) is 52.0 Å². The van der Waals surface area contributed by atoms with E-state index in [0.717, 1.165) is 25.2 Å². The maximum absolute atomic E-state index is 11.9. The van der Waals surface area contributed by atoms with Gasteiger partial charge in [0.15, 0.2) is 0 Å². The Morgan fingerprint density at radius 2 is 1.95 bits per heavy atom. The molecule has 0 aromatic heterocycles. The van der Waals surface area contributed by atoms with Crippen LogP contribution in [0.3, 0.4) is 0 Å². The van der Waals surface area contributed by atoms with Gasteiger partial charge in [-0.2, -0.15) is 0 Å². The number of carboxylic acid groups (broad SMARTS) is 1. The molecular weight excluding hydrogens is 244 g/mol. The molecule has 1 fully saturated rings. The van der Waals surface area contributed by atoms with Crippen molar-refractivity contribution in [3.8, 4) is 0 Å². The van der Waals surface area contributed by atoms with Gasteiger partial charge in [0.2, 0.25) is 0 Å². The van der Waals surface area contributed by atoms with Gasteiger partial charge in [0.1, 0.15) is 0 Å². The van der Waals surface area contributed by atoms with Crippen LogP contribution in [0.15, 0.2) is 0 Å². The van der Waals surface area contributed by atoms with Crippen LogP contribution in [0.5, 0.6) is 0 Å². The Labute approximate surface area is 115 Å². The third-order valence-electron chi connectivity index (χ3n) is 4.16. The average molecular weight is 270 g/mol. The first-order valence-corrected chi connectivity index (χ1v) is 7.13. The Bertz CT molecular complexity index is 320. The molecule has 3 atom stereocenters. The van der Waals surface area contributed by atoms with Crippen molar-refractivity contribution >= 4 is 12.0 Å². The lowest BCUT2D eigenvalue weighted by Gasteiger charge is -2.33. The number of carboxylic acids is 1. The summed E-state index contributed by atoms with van der Waals surface area (Å²) in [7, 11) is 1.71. The van der Waals surface area contributed by atoms with Gasteiger partial charge in [-0.15, -0.1) is 0 Å². The summed E-state index contributed by atoms with van der Waals surface area (Å²) in [6.45, 7) is 4.98. The van der Waals surface area contributed by atoms with Gasteiger partial charge >= 0.3 is 12.0 Å². The second-order valence-corrected chi connectivity index (χ2v) is 5.83. The zero-order valence-corrected chi connectivity index (χ0v) is 12.2. The van der Waals surface area contributed by atoms with E-state index in [2.05, 4.69) is 19.2 Å². The van der Waals surface area contributed by atoms with E-state index in [1.165, 1.54) is 0 Å². The molecule has 5 heteroatoms. The second kappa shape index (κ2) is 7.36. The molecule has 19 heavy (non-hydrogen) atoms. The van der Waals surface area contributed by atoms with Gasteiger partial charge < -0.3 is 15.3 Å². The minimum absolute atomic E-state index is 0.0860. The van der Waals surface area contributed by atoms with E-state index < -0.39 is 5.97 Å². The largest absolute Gasteiger partial charge is 0.481 e. The Morgan fingerprint density at radius 1 is 1.26 bits per heavy atom. The summed E-state index contributed by atoms with van der Waals surface area (Å²) in [6, 6.07) is 0.178. The predicted molar refractivity (Wildman–Crippen MR) is 74.0 cm³/mol. The van der Waals surface area contributed by atoms with E-state index >= 15 is 0 Å². The quantitative estimate of drug-likeness (QED) is 0.805. The summed E-state index contributed by atoms with van der Waals surface area (Å²) in [6.07, 6.45) is 3.85. The van der Waals surface area contributed by atoms with Crippen molar-refractivity contribution in [1.29, 1.82) is 0 Å². The molecule has 0 spiro atoms. The number of nitrogens with zero attached hydrogens (tertiary/aromatic N) is 1. The molecule has 1 rings (SSSR count). The molecule has 2 N–H and O–H groups in total. The number of carbonyl (C=O) groups is 2. The number of rotatable bonds is 5. The van der Waals surface area contributed by atoms with Crippen LogP contribution < -0.4 is 5.32 Å². The van der Waals surface area contributed by atoms with E-state index in [1.54, 1.807) is 11.9 Å². The Kier molecular flexibility index (Phi) is 6.12. The number of hydrogen-bond acceptors (Lipinski definition) is 2. The summed E-state index contributed by atoms with van der Waals surface area (Å²) in [5.41, 5.74) is 0. The topological polar surface area (TPSA) is 69.6 Å². The van der Waals surface area contributed by atoms with Gasteiger partial charge in [-0.1, -0.05) is 13.8 Å². The molecular formula is C14H26N2O3. The summed E-state index contributed by atoms with van der Waals surface area (Å²) in [4.78, 5) is 23.9. The Balaban J connectivity index is 2.28. The molecule has 1 aliphatic carbocycles. The number of urea groups is 1. The third kappa shape index (κ3) is 5.49. The normalized spacial score (nSPS) is 26.8. The van der Waals surface area contributed by atoms with Gasteiger partial charge in [0.05, 0.1) is 0 Å². The van der Waals surface area contributed by atoms with Crippen LogP contribution in [0.4, 0.5) is 4.79 Å². The molecule has 2 amide bonds. The fourth-order valence-electron chi connectivity index (χ4n) is 2.53. The number of aliphatic carboxylic acids is 1. The lowest BCUT2D eigenvalue weighted by molar-refractivity contribution is -0.137. The van der Waals surface area contributed by atoms with E-state index in [0.29, 0.717) is 18.9 Å². The molecule has 3 unspecified atom stereocenters. The van der Waals surface area contributed by atoms with Crippen molar-refractivity contribution in [2.75, 3.05) is 13.6 Å². The highest BCUT2D eigenvalue weighted by Crippen LogP contribution is 2.29. The molecule has 0 aliphatic heterocycles. The van der Waals surface area contributed by atoms with Gasteiger partial charge in [-0.3, -0.25) is 4.79 Å². The molecule has 1 saturated carbocycles. The molecule has 0 aromatic rings. The summed E-state index contributed by atoms with van der Waals surface area (Å²) < 4.78 is 0. The first-order chi connectivity index (χ1) is 8.90. The van der Waals surface area contributed by atoms with Gasteiger partial charge in [-0.25, -0.2) is 4.79 Å². The summed E-state index contributed by atoms with van der Waals surface area (Å²) in [5.74, 6) is 0.571. The first-order valence-electron chi connectivity index (χ1n) is 7.13. The highest BCUT2D eigenvalue weighted by Gasteiger charge is 2.26. The van der Waals surface area contributed by atoms with E-state index in [9.17, 15) is 9.59 Å². The van der Waals surface area contributed by atoms with Crippen molar-refractivity contribution in [1.82, 2.24) is 10.2 Å². The molecule has 0 saturated heterocycles. The maximum Gasteiger partial charge on any atom is 0.317 e. The summed E-state index contributed by atoms with van der Waals surface area (Å²) >= 11 is 0. The number of hydrogen-bond donors (Lipinski definition) is 2. The number of amides is 2. The van der Waals surface area contributed by atoms with Crippen LogP contribution in [-0.2, 0) is 4.79 Å². The minimum atomic E-state index is -0.816. The zero-order chi connectivity index (χ0) is 14.4. The molecule has 110 valence electrons. The van der Waals surface area contributed by atoms with Crippen molar-refractivity contribution in [3.05, 3.63) is 0 Å². The molecule has 1 aliphatic rings. The van der Waals surface area contributed by atoms with Crippen LogP contribution in [0.2, 0.25) is 0 Å². The van der Waals surface area contributed by atoms with E-state index in [-0.39, 0.29) is 18.5 Å². The fourth-order valence-corrected chi connectivity index (χ4v) is 2.53. The van der Waals surface area contributed by atoms with Crippen LogP contribution in [0.25, 0.3) is 0 Å². The van der Waals surface area contributed by atoms with Gasteiger partial charge in [0.25, 0.3) is 0 Å². The number of carbonyl (C=O) groups excluding carboxylic acids is 1. The molecule has 0 aromatic carbocycles. The van der Waals surface area contributed by atoms with Gasteiger partial charge in [0, 0.05) is 26.1 Å². The van der Waals surface area contributed by atoms with Crippen molar-refractivity contribution in [2.24, 2.45) is 11.8 Å². The highest BCUT2D eigenvalue weighted by atomic mass is 16.4. The third-order valence-corrected chi connectivity index (χ3v) is 4.16. The Morgan fingerprint density at radius 3 is 2.53 bits per heavy atom. The van der Waals surface area contributed by atoms with Crippen LogP contribution >= 0.6 is 0 Å². The van der Waals surface area contributed by atoms with E-state index in [4.69, 9.17) is 5.11 Å². The zero-order valence-electron chi connectivity index (χ0n) is 12.2. The van der Waals surface area contributed by atoms with Crippen molar-refractivity contribution < 1.29 is 14.7 Å². The SMILES string of the molecule is CC1CCC(NC(=O)N(C)CCCC(=O)O)CC1C. The van der Waals surface area contributed by atoms with Crippen LogP contribution in [-0.4, -0.2) is 41.6 Å². The summed E-state index contributed by atoms with van der Waals surface area (Å²) in [5, 5.41) is 11.6. The molecule has 0 heterocycles. The molecule has 5 nitrogen and oxygen atoms in total. The predicted octanol–water partition coefficient (Wildman–Crippen LogP) is 2.32. The molecule has 0 bridgehead atoms. The monoisotopic (exact) mass is 270 g/mol. The minimum Gasteiger partial charge on any atom is -0.481 e.